The highest BCUT2D eigenvalue weighted by Crippen LogP contribution is 2.30. The number of benzene rings is 1. The molecule has 13 heavy (non-hydrogen) atoms. The molecular weight excluding hydrogens is 232 g/mol. The Bertz CT molecular complexity index is 291. The predicted molar refractivity (Wildman–Crippen MR) is 56.7 cm³/mol. The normalized spacial score (nSPS) is 12.6. The van der Waals surface area contributed by atoms with E-state index in [1.54, 1.807) is 7.11 Å². The van der Waals surface area contributed by atoms with Gasteiger partial charge in [-0.3, -0.25) is 0 Å². The largest absolute Gasteiger partial charge is 0.496 e. The maximum Gasteiger partial charge on any atom is 0.124 e. The molecule has 1 aromatic rings. The van der Waals surface area contributed by atoms with E-state index in [4.69, 9.17) is 16.2 Å². The Labute approximate surface area is 86.2 Å². The maximum absolute atomic E-state index is 5.84. The molecular formula is C9H13BrN2O. The van der Waals surface area contributed by atoms with Crippen LogP contribution >= 0.6 is 15.9 Å². The minimum Gasteiger partial charge on any atom is -0.496 e. The Kier molecular flexibility index (Phi) is 3.71. The number of rotatable bonds is 3. The third kappa shape index (κ3) is 2.21. The van der Waals surface area contributed by atoms with Crippen molar-refractivity contribution in [2.24, 2.45) is 11.5 Å². The lowest BCUT2D eigenvalue weighted by atomic mass is 10.1. The quantitative estimate of drug-likeness (QED) is 0.846. The van der Waals surface area contributed by atoms with Crippen molar-refractivity contribution in [1.82, 2.24) is 0 Å². The van der Waals surface area contributed by atoms with E-state index in [9.17, 15) is 0 Å². The molecule has 4 N–H and O–H groups in total. The average molecular weight is 245 g/mol. The molecule has 0 unspecified atom stereocenters. The fourth-order valence-electron chi connectivity index (χ4n) is 1.17. The summed E-state index contributed by atoms with van der Waals surface area (Å²) in [7, 11) is 1.62. The number of ether oxygens (including phenoxy) is 1. The maximum atomic E-state index is 5.84. The van der Waals surface area contributed by atoms with Gasteiger partial charge in [0.15, 0.2) is 0 Å². The van der Waals surface area contributed by atoms with Gasteiger partial charge in [-0.05, 0) is 12.1 Å². The van der Waals surface area contributed by atoms with Gasteiger partial charge in [0.2, 0.25) is 0 Å². The van der Waals surface area contributed by atoms with Crippen molar-refractivity contribution < 1.29 is 4.74 Å². The van der Waals surface area contributed by atoms with Crippen LogP contribution in [0.5, 0.6) is 5.75 Å². The van der Waals surface area contributed by atoms with E-state index in [1.165, 1.54) is 0 Å². The van der Waals surface area contributed by atoms with Crippen LogP contribution in [0.15, 0.2) is 22.7 Å². The lowest BCUT2D eigenvalue weighted by Gasteiger charge is -2.15. The van der Waals surface area contributed by atoms with Crippen LogP contribution in [-0.4, -0.2) is 13.7 Å². The third-order valence-corrected chi connectivity index (χ3v) is 2.55. The van der Waals surface area contributed by atoms with E-state index in [2.05, 4.69) is 15.9 Å². The molecule has 1 aromatic carbocycles. The molecule has 0 aliphatic heterocycles. The first-order valence-electron chi connectivity index (χ1n) is 3.98. The predicted octanol–water partition coefficient (Wildman–Crippen LogP) is 1.42. The number of hydrogen-bond donors (Lipinski definition) is 2. The standard InChI is InChI=1S/C9H13BrN2O/c1-13-8-4-2-3-6(10)9(8)7(12)5-11/h2-4,7H,5,11-12H2,1H3/t7-/m0/s1. The SMILES string of the molecule is COc1cccc(Br)c1[C@@H](N)CN. The second-order valence-corrected chi connectivity index (χ2v) is 3.55. The molecule has 0 heterocycles. The fraction of sp³-hybridized carbons (Fsp3) is 0.333. The summed E-state index contributed by atoms with van der Waals surface area (Å²) in [6, 6.07) is 5.50. The van der Waals surface area contributed by atoms with E-state index < -0.39 is 0 Å². The van der Waals surface area contributed by atoms with E-state index >= 15 is 0 Å². The molecule has 0 spiro atoms. The molecule has 0 aromatic heterocycles. The minimum atomic E-state index is -0.189. The topological polar surface area (TPSA) is 61.3 Å². The summed E-state index contributed by atoms with van der Waals surface area (Å²) < 4.78 is 6.12. The Morgan fingerprint density at radius 3 is 2.77 bits per heavy atom. The summed E-state index contributed by atoms with van der Waals surface area (Å²) in [4.78, 5) is 0. The van der Waals surface area contributed by atoms with Crippen LogP contribution in [0, 0.1) is 0 Å². The van der Waals surface area contributed by atoms with Crippen molar-refractivity contribution in [2.45, 2.75) is 6.04 Å². The Balaban J connectivity index is 3.14. The summed E-state index contributed by atoms with van der Waals surface area (Å²) in [5, 5.41) is 0. The Hall–Kier alpha value is -0.580. The van der Waals surface area contributed by atoms with Crippen molar-refractivity contribution in [3.8, 4) is 5.75 Å². The van der Waals surface area contributed by atoms with Crippen LogP contribution in [0.25, 0.3) is 0 Å². The molecule has 0 radical (unpaired) electrons. The number of nitrogens with two attached hydrogens (primary N) is 2. The van der Waals surface area contributed by atoms with Crippen LogP contribution in [0.3, 0.4) is 0 Å². The van der Waals surface area contributed by atoms with E-state index in [0.29, 0.717) is 6.54 Å². The monoisotopic (exact) mass is 244 g/mol. The van der Waals surface area contributed by atoms with Crippen LogP contribution < -0.4 is 16.2 Å². The fourth-order valence-corrected chi connectivity index (χ4v) is 1.81. The minimum absolute atomic E-state index is 0.189. The number of methoxy groups -OCH3 is 1. The summed E-state index contributed by atoms with van der Waals surface area (Å²) in [5.74, 6) is 0.771. The highest BCUT2D eigenvalue weighted by atomic mass is 79.9. The molecule has 0 amide bonds. The molecule has 1 rings (SSSR count). The summed E-state index contributed by atoms with van der Waals surface area (Å²) in [5.41, 5.74) is 12.3. The molecule has 0 bridgehead atoms. The summed E-state index contributed by atoms with van der Waals surface area (Å²) >= 11 is 3.41. The third-order valence-electron chi connectivity index (χ3n) is 1.86. The zero-order valence-corrected chi connectivity index (χ0v) is 9.04. The van der Waals surface area contributed by atoms with Gasteiger partial charge in [0.05, 0.1) is 7.11 Å². The summed E-state index contributed by atoms with van der Waals surface area (Å²) in [6.07, 6.45) is 0. The van der Waals surface area contributed by atoms with Gasteiger partial charge >= 0.3 is 0 Å². The lowest BCUT2D eigenvalue weighted by Crippen LogP contribution is -2.21. The Morgan fingerprint density at radius 1 is 1.54 bits per heavy atom. The van der Waals surface area contributed by atoms with Crippen molar-refractivity contribution in [3.63, 3.8) is 0 Å². The van der Waals surface area contributed by atoms with E-state index in [-0.39, 0.29) is 6.04 Å². The Morgan fingerprint density at radius 2 is 2.23 bits per heavy atom. The van der Waals surface area contributed by atoms with Gasteiger partial charge in [0.1, 0.15) is 5.75 Å². The average Bonchev–Trinajstić information content (AvgIpc) is 2.16. The molecule has 0 aliphatic rings. The molecule has 0 fully saturated rings. The van der Waals surface area contributed by atoms with E-state index in [1.807, 2.05) is 18.2 Å². The van der Waals surface area contributed by atoms with Crippen LogP contribution in [0.1, 0.15) is 11.6 Å². The molecule has 1 atom stereocenters. The van der Waals surface area contributed by atoms with Crippen molar-refractivity contribution >= 4 is 15.9 Å². The van der Waals surface area contributed by atoms with Crippen LogP contribution in [0.4, 0.5) is 0 Å². The van der Waals surface area contributed by atoms with Crippen molar-refractivity contribution in [1.29, 1.82) is 0 Å². The summed E-state index contributed by atoms with van der Waals surface area (Å²) in [6.45, 7) is 0.402. The van der Waals surface area contributed by atoms with Gasteiger partial charge in [-0.15, -0.1) is 0 Å². The molecule has 3 nitrogen and oxygen atoms in total. The highest BCUT2D eigenvalue weighted by Gasteiger charge is 2.13. The zero-order valence-electron chi connectivity index (χ0n) is 7.46. The van der Waals surface area contributed by atoms with Crippen molar-refractivity contribution in [2.75, 3.05) is 13.7 Å². The van der Waals surface area contributed by atoms with Gasteiger partial charge < -0.3 is 16.2 Å². The van der Waals surface area contributed by atoms with Crippen LogP contribution in [0.2, 0.25) is 0 Å². The zero-order chi connectivity index (χ0) is 9.84. The molecule has 0 saturated carbocycles. The molecule has 4 heteroatoms. The first-order valence-corrected chi connectivity index (χ1v) is 4.78. The second-order valence-electron chi connectivity index (χ2n) is 2.70. The van der Waals surface area contributed by atoms with Gasteiger partial charge in [0.25, 0.3) is 0 Å². The van der Waals surface area contributed by atoms with Gasteiger partial charge in [-0.2, -0.15) is 0 Å². The first-order chi connectivity index (χ1) is 6.20. The van der Waals surface area contributed by atoms with Gasteiger partial charge in [-0.1, -0.05) is 22.0 Å². The molecule has 0 aliphatic carbocycles. The van der Waals surface area contributed by atoms with Crippen molar-refractivity contribution in [3.05, 3.63) is 28.2 Å². The first kappa shape index (κ1) is 10.5. The number of hydrogen-bond acceptors (Lipinski definition) is 3. The molecule has 72 valence electrons. The second kappa shape index (κ2) is 4.60. The van der Waals surface area contributed by atoms with E-state index in [0.717, 1.165) is 15.8 Å². The van der Waals surface area contributed by atoms with Gasteiger partial charge in [0, 0.05) is 22.6 Å². The number of halogens is 1. The lowest BCUT2D eigenvalue weighted by molar-refractivity contribution is 0.405. The molecule has 0 saturated heterocycles. The van der Waals surface area contributed by atoms with Gasteiger partial charge in [-0.25, -0.2) is 0 Å². The highest BCUT2D eigenvalue weighted by molar-refractivity contribution is 9.10. The smallest absolute Gasteiger partial charge is 0.124 e. The van der Waals surface area contributed by atoms with Crippen LogP contribution in [-0.2, 0) is 0 Å².